The maximum absolute atomic E-state index is 14.9. The van der Waals surface area contributed by atoms with Gasteiger partial charge in [-0.15, -0.1) is 0 Å². The van der Waals surface area contributed by atoms with Gasteiger partial charge in [-0.1, -0.05) is 18.2 Å². The third-order valence-corrected chi connectivity index (χ3v) is 16.3. The minimum absolute atomic E-state index is 0. The second kappa shape index (κ2) is 55.5. The van der Waals surface area contributed by atoms with Crippen molar-refractivity contribution in [2.75, 3.05) is 125 Å². The monoisotopic (exact) mass is 1940 g/mol. The number of likely N-dealkylation sites (N-methyl/N-ethyl adjacent to an activating group) is 1. The molecule has 0 bridgehead atoms. The molecule has 0 fully saturated rings. The fraction of sp³-hybridized carbons (Fsp3) is 0.516. The van der Waals surface area contributed by atoms with Crippen LogP contribution in [0.2, 0.25) is 0 Å². The van der Waals surface area contributed by atoms with Crippen LogP contribution >= 0.6 is 0 Å². The predicted molar refractivity (Wildman–Crippen MR) is 382 cm³/mol. The van der Waals surface area contributed by atoms with Gasteiger partial charge in [0.1, 0.15) is 36.3 Å². The van der Waals surface area contributed by atoms with Crippen LogP contribution < -0.4 is 48.3 Å². The van der Waals surface area contributed by atoms with E-state index in [2.05, 4.69) is 57.5 Å². The molecular weight excluding hydrogens is 1850 g/mol. The number of carboxylic acids is 10. The molecule has 2 heterocycles. The summed E-state index contributed by atoms with van der Waals surface area (Å²) >= 11 is 0. The smallest absolute Gasteiger partial charge is 0.480 e. The number of primary amides is 1. The molecule has 0 aliphatic carbocycles. The van der Waals surface area contributed by atoms with Crippen LogP contribution in [0.3, 0.4) is 0 Å². The summed E-state index contributed by atoms with van der Waals surface area (Å²) in [6, 6.07) is -6.14. The molecule has 0 spiro atoms. The first kappa shape index (κ1) is 108. The second-order valence-electron chi connectivity index (χ2n) is 25.2. The number of Topliss-reactive ketones (excluding diaryl/α,β-unsaturated/α-hetero) is 1. The third-order valence-electron chi connectivity index (χ3n) is 16.3. The molecule has 9 amide bonds. The number of aromatic nitrogens is 3. The summed E-state index contributed by atoms with van der Waals surface area (Å²) in [4.78, 5) is 273. The summed E-state index contributed by atoms with van der Waals surface area (Å²) in [5.74, 6) is -28.2. The first-order valence-corrected chi connectivity index (χ1v) is 33.8. The average Bonchev–Trinajstić information content (AvgIpc) is 1.63. The van der Waals surface area contributed by atoms with E-state index in [1.165, 1.54) is 19.6 Å². The van der Waals surface area contributed by atoms with Crippen molar-refractivity contribution in [3.8, 4) is 0 Å². The molecular formula is C64H94Gd2N18O32+6. The number of imidazole rings is 1. The number of nitrogens with one attached hydrogen (secondary N) is 10. The number of carbonyl (C=O) groups excluding carboxylic acids is 10. The molecule has 1 unspecified atom stereocenters. The number of fused-ring (bicyclic) bond motifs is 1. The van der Waals surface area contributed by atoms with Gasteiger partial charge in [0.15, 0.2) is 5.78 Å². The van der Waals surface area contributed by atoms with Gasteiger partial charge in [0.05, 0.1) is 84.4 Å². The van der Waals surface area contributed by atoms with Crippen molar-refractivity contribution in [2.24, 2.45) is 5.73 Å². The maximum Gasteiger partial charge on any atom is 3.00 e. The molecule has 50 nitrogen and oxygen atoms in total. The topological polar surface area (TPSA) is 793 Å². The van der Waals surface area contributed by atoms with Gasteiger partial charge in [-0.3, -0.25) is 125 Å². The van der Waals surface area contributed by atoms with E-state index in [1.807, 2.05) is 0 Å². The fourth-order valence-electron chi connectivity index (χ4n) is 11.1. The van der Waals surface area contributed by atoms with E-state index < -0.39 is 304 Å². The fourth-order valence-corrected chi connectivity index (χ4v) is 11.1. The number of rotatable bonds is 58. The number of nitrogens with two attached hydrogens (primary N) is 1. The summed E-state index contributed by atoms with van der Waals surface area (Å²) in [6.07, 6.45) is 1.50. The molecule has 0 saturated heterocycles. The van der Waals surface area contributed by atoms with Crippen molar-refractivity contribution >= 4 is 130 Å². The Bertz CT molecular complexity index is 3830. The van der Waals surface area contributed by atoms with E-state index in [1.54, 1.807) is 30.5 Å². The number of H-pyrrole nitrogens is 2. The van der Waals surface area contributed by atoms with E-state index in [0.717, 1.165) is 26.5 Å². The molecule has 1 aromatic carbocycles. The van der Waals surface area contributed by atoms with Crippen LogP contribution in [-0.4, -0.2) is 392 Å². The number of hydrogen-bond acceptors (Lipinski definition) is 27. The standard InChI is InChI=1S/C64H90N18O30.2Gd.2H2O/c1-34(83)38(8-10-47(85)69-20-48(86)72-40(7-9-46(65)84)60(108)74-41(15-35-17-68-39-6-4-3-5-37(35)39)61(109)75-42(59(107)66-2)16-36-18-67-33-71-36)73-62(110)43(76-64(112)45(82(31-57(103)104)32-58(105)106)22-78(24-50(89)90)12-14-80(27-53(95)96)28-54(97)98)19-70-63(111)44(81(29-55(99)100)30-56(101)102)21-77(23-49(87)88)11-13-79(25-51(91)92)26-52(93)94;;;;/h3-6,17-18,33,38,40-45,68H,7-16,19-32H2,1-2H3,(H2,65,84)(H,66,107)(H,67,71)(H,69,85)(H,70,111)(H,72,86)(H,73,110)(H,74,108)(H,75,109)(H,76,112)(H,87,88)(H,89,90)(H,91,92)(H,93,94)(H,95,96)(H,97,98)(H,99,100)(H,101,102)(H,103,104)(H,105,106);;;2*1H2/q;2*+3;;/t38-,40-,41-,42-,43?,44+,45+;;;;/m0..../s1. The van der Waals surface area contributed by atoms with E-state index in [0.29, 0.717) is 32.0 Å². The van der Waals surface area contributed by atoms with Gasteiger partial charge in [0, 0.05) is 108 Å². The second-order valence-corrected chi connectivity index (χ2v) is 25.2. The molecule has 0 aliphatic rings. The molecule has 52 heteroatoms. The van der Waals surface area contributed by atoms with Gasteiger partial charge >= 0.3 is 140 Å². The van der Waals surface area contributed by atoms with Gasteiger partial charge in [-0.2, -0.15) is 0 Å². The van der Waals surface area contributed by atoms with Crippen LogP contribution in [0.4, 0.5) is 0 Å². The Hall–Kier alpha value is -10.1. The number of carbonyl (C=O) groups is 20. The number of benzene rings is 1. The zero-order chi connectivity index (χ0) is 84.1. The van der Waals surface area contributed by atoms with Gasteiger partial charge in [-0.25, -0.2) is 4.98 Å². The third kappa shape index (κ3) is 42.5. The Morgan fingerprint density at radius 2 is 0.836 bits per heavy atom. The molecule has 0 aliphatic heterocycles. The van der Waals surface area contributed by atoms with Crippen molar-refractivity contribution in [1.82, 2.24) is 86.9 Å². The average molecular weight is 1940 g/mol. The number of ketones is 1. The SMILES string of the molecule is CNC(=O)[C@H](Cc1cnc[nH]1)NC(=O)[C@H](Cc1c[nH]c2ccccc12)NC(=O)[C@H](CCC(N)=O)NC(=O)CNC(=O)CC[C@H](NC(=O)C(CNC(=O)[C@@H](CN(CCN(CC(=O)O)CC(=O)O)CC(=O)O)N(CC(=O)O)CC(=O)O)NC(=O)[C@@H](CN(CCN(CC(=O)O)CC(=O)O)CC(=O)O)N(CC(=O)O)CC(=O)O)C(C)=O.O.O.[Gd+3].[Gd+3]. The number of aromatic amines is 2. The Labute approximate surface area is 721 Å². The Morgan fingerprint density at radius 1 is 0.440 bits per heavy atom. The number of aliphatic carboxylic acids is 10. The van der Waals surface area contributed by atoms with Crippen molar-refractivity contribution in [2.45, 2.75) is 87.7 Å². The number of hydrogen-bond donors (Lipinski definition) is 21. The van der Waals surface area contributed by atoms with E-state index in [9.17, 15) is 147 Å². The Balaban J connectivity index is 0. The van der Waals surface area contributed by atoms with E-state index in [-0.39, 0.29) is 104 Å². The largest absolute Gasteiger partial charge is 3.00 e. The van der Waals surface area contributed by atoms with Gasteiger partial charge in [0.25, 0.3) is 0 Å². The summed E-state index contributed by atoms with van der Waals surface area (Å²) < 4.78 is 0. The van der Waals surface area contributed by atoms with Crippen LogP contribution in [-0.2, 0) is 109 Å². The van der Waals surface area contributed by atoms with E-state index in [4.69, 9.17) is 5.73 Å². The molecule has 116 heavy (non-hydrogen) atoms. The number of nitrogens with zero attached hydrogens (tertiary/aromatic N) is 7. The summed E-state index contributed by atoms with van der Waals surface area (Å²) in [5.41, 5.74) is 7.03. The molecule has 3 rings (SSSR count). The molecule has 7 atom stereocenters. The van der Waals surface area contributed by atoms with Crippen molar-refractivity contribution in [3.05, 3.63) is 54.2 Å². The Morgan fingerprint density at radius 3 is 1.27 bits per heavy atom. The summed E-state index contributed by atoms with van der Waals surface area (Å²) in [6.45, 7) is -17.5. The minimum atomic E-state index is -2.39. The maximum atomic E-state index is 14.9. The van der Waals surface area contributed by atoms with Crippen molar-refractivity contribution in [1.29, 1.82) is 0 Å². The van der Waals surface area contributed by atoms with Crippen LogP contribution in [0.25, 0.3) is 10.9 Å². The molecule has 2 aromatic heterocycles. The van der Waals surface area contributed by atoms with Gasteiger partial charge in [0.2, 0.25) is 53.2 Å². The van der Waals surface area contributed by atoms with Gasteiger partial charge < -0.3 is 120 Å². The molecule has 0 saturated carbocycles. The first-order valence-electron chi connectivity index (χ1n) is 33.8. The normalized spacial score (nSPS) is 12.7. The number of para-hydroxylation sites is 1. The predicted octanol–water partition coefficient (Wildman–Crippen LogP) is -11.5. The number of amides is 9. The van der Waals surface area contributed by atoms with Crippen LogP contribution in [0.5, 0.6) is 0 Å². The zero-order valence-corrected chi connectivity index (χ0v) is 66.6. The number of carboxylic acid groups (broad SMARTS) is 10. The quantitative estimate of drug-likeness (QED) is 0.0249. The zero-order valence-electron chi connectivity index (χ0n) is 62.1. The van der Waals surface area contributed by atoms with E-state index >= 15 is 0 Å². The van der Waals surface area contributed by atoms with Crippen molar-refractivity contribution in [3.63, 3.8) is 0 Å². The minimum Gasteiger partial charge on any atom is -0.480 e. The molecule has 3 aromatic rings. The van der Waals surface area contributed by atoms with Gasteiger partial charge in [-0.05, 0) is 31.4 Å². The van der Waals surface area contributed by atoms with Crippen LogP contribution in [0.1, 0.15) is 43.9 Å². The van der Waals surface area contributed by atoms with Crippen LogP contribution in [0, 0.1) is 79.9 Å². The van der Waals surface area contributed by atoms with Crippen molar-refractivity contribution < 1.29 is 238 Å². The first-order chi connectivity index (χ1) is 52.6. The van der Waals surface area contributed by atoms with Crippen LogP contribution in [0.15, 0.2) is 43.0 Å². The molecule has 26 N–H and O–H groups in total. The summed E-state index contributed by atoms with van der Waals surface area (Å²) in [5, 5.41) is 117. The molecule has 2 radical (unpaired) electrons. The summed E-state index contributed by atoms with van der Waals surface area (Å²) in [7, 11) is 1.32. The Kier molecular flexibility index (Phi) is 51.6. The molecule has 642 valence electrons.